The predicted octanol–water partition coefficient (Wildman–Crippen LogP) is 3.85. The van der Waals surface area contributed by atoms with Crippen molar-refractivity contribution in [3.8, 4) is 0 Å². The molecule has 0 spiro atoms. The van der Waals surface area contributed by atoms with Crippen LogP contribution in [0.25, 0.3) is 0 Å². The Morgan fingerprint density at radius 1 is 0.939 bits per heavy atom. The van der Waals surface area contributed by atoms with Crippen LogP contribution in [-0.2, 0) is 21.2 Å². The maximum Gasteiger partial charge on any atom is 0.283 e. The van der Waals surface area contributed by atoms with Crippen LogP contribution < -0.4 is 0 Å². The first-order valence-corrected chi connectivity index (χ1v) is 13.2. The normalized spacial score (nSPS) is 23.4. The Bertz CT molecular complexity index is 1100. The summed E-state index contributed by atoms with van der Waals surface area (Å²) < 4.78 is 28.0. The largest absolute Gasteiger partial charge is 0.303 e. The Morgan fingerprint density at radius 3 is 2.09 bits per heavy atom. The fraction of sp³-hybridized carbons (Fsp3) is 0.462. The van der Waals surface area contributed by atoms with Gasteiger partial charge in [0.1, 0.15) is 5.71 Å². The van der Waals surface area contributed by atoms with Crippen LogP contribution in [-0.4, -0.2) is 60.5 Å². The van der Waals surface area contributed by atoms with Crippen molar-refractivity contribution in [1.82, 2.24) is 9.21 Å². The first-order chi connectivity index (χ1) is 15.7. The molecule has 0 N–H and O–H groups in total. The summed E-state index contributed by atoms with van der Waals surface area (Å²) >= 11 is 0. The van der Waals surface area contributed by atoms with E-state index in [-0.39, 0.29) is 11.8 Å². The second kappa shape index (κ2) is 9.39. The van der Waals surface area contributed by atoms with Crippen LogP contribution in [0.1, 0.15) is 50.0 Å². The Labute approximate surface area is 197 Å². The van der Waals surface area contributed by atoms with E-state index in [1.54, 1.807) is 45.0 Å². The zero-order valence-corrected chi connectivity index (χ0v) is 20.5. The van der Waals surface area contributed by atoms with Crippen molar-refractivity contribution in [2.24, 2.45) is 4.99 Å². The average molecular weight is 468 g/mol. The molecule has 6 nitrogen and oxygen atoms in total. The highest BCUT2D eigenvalue weighted by atomic mass is 32.2. The van der Waals surface area contributed by atoms with Gasteiger partial charge in [-0.1, -0.05) is 60.7 Å². The van der Waals surface area contributed by atoms with Crippen LogP contribution in [0, 0.1) is 0 Å². The van der Waals surface area contributed by atoms with Crippen molar-refractivity contribution < 1.29 is 13.2 Å². The number of aliphatic imine (C=N–C) groups is 1. The van der Waals surface area contributed by atoms with E-state index in [1.807, 2.05) is 12.1 Å². The molecule has 7 heteroatoms. The molecule has 1 atom stereocenters. The van der Waals surface area contributed by atoms with Gasteiger partial charge < -0.3 is 4.90 Å². The molecule has 2 fully saturated rings. The maximum atomic E-state index is 13.5. The summed E-state index contributed by atoms with van der Waals surface area (Å²) in [6.45, 7) is 8.03. The minimum atomic E-state index is -3.90. The van der Waals surface area contributed by atoms with Crippen LogP contribution in [0.2, 0.25) is 0 Å². The molecule has 176 valence electrons. The topological polar surface area (TPSA) is 70.1 Å². The fourth-order valence-corrected chi connectivity index (χ4v) is 6.99. The van der Waals surface area contributed by atoms with E-state index < -0.39 is 26.7 Å². The highest BCUT2D eigenvalue weighted by Crippen LogP contribution is 2.39. The summed E-state index contributed by atoms with van der Waals surface area (Å²) in [7, 11) is -3.90. The summed E-state index contributed by atoms with van der Waals surface area (Å²) in [4.78, 5) is 20.6. The number of nitrogens with zero attached hydrogens (tertiary/aromatic N) is 3. The molecule has 2 aromatic rings. The molecule has 0 aliphatic carbocycles. The quantitative estimate of drug-likeness (QED) is 0.670. The number of amides is 1. The highest BCUT2D eigenvalue weighted by Gasteiger charge is 2.54. The second-order valence-corrected chi connectivity index (χ2v) is 11.8. The molecule has 0 aromatic heterocycles. The molecule has 2 saturated heterocycles. The molecule has 2 aliphatic heterocycles. The Hall–Kier alpha value is -2.51. The molecule has 0 saturated carbocycles. The molecule has 1 amide bonds. The van der Waals surface area contributed by atoms with Gasteiger partial charge in [-0.2, -0.15) is 0 Å². The first kappa shape index (κ1) is 23.6. The van der Waals surface area contributed by atoms with Crippen molar-refractivity contribution in [3.05, 3.63) is 71.8 Å². The SMILES string of the molecule is CC(C)(C)N1C(=O)C(=NC2CCN(CCc3ccccc3)CC2)C(c2ccccc2)S1(=O)=O. The minimum absolute atomic E-state index is 0.0433. The molecule has 0 radical (unpaired) electrons. The molecule has 2 heterocycles. The van der Waals surface area contributed by atoms with Crippen molar-refractivity contribution in [2.45, 2.75) is 56.9 Å². The van der Waals surface area contributed by atoms with Crippen molar-refractivity contribution in [1.29, 1.82) is 0 Å². The van der Waals surface area contributed by atoms with Gasteiger partial charge in [-0.25, -0.2) is 12.7 Å². The number of benzene rings is 2. The van der Waals surface area contributed by atoms with Crippen LogP contribution in [0.5, 0.6) is 0 Å². The summed E-state index contributed by atoms with van der Waals surface area (Å²) in [6, 6.07) is 19.4. The standard InChI is InChI=1S/C26H33N3O3S/c1-26(2,3)29-25(30)23(24(33(29,31)32)21-12-8-5-9-13-21)27-22-15-18-28(19-16-22)17-14-20-10-6-4-7-11-20/h4-13,22,24H,14-19H2,1-3H3. The van der Waals surface area contributed by atoms with E-state index in [9.17, 15) is 13.2 Å². The molecule has 33 heavy (non-hydrogen) atoms. The number of piperidine rings is 1. The van der Waals surface area contributed by atoms with E-state index in [2.05, 4.69) is 29.2 Å². The van der Waals surface area contributed by atoms with E-state index >= 15 is 0 Å². The lowest BCUT2D eigenvalue weighted by Crippen LogP contribution is -2.45. The molecule has 4 rings (SSSR count). The van der Waals surface area contributed by atoms with Gasteiger partial charge in [0, 0.05) is 19.6 Å². The van der Waals surface area contributed by atoms with Gasteiger partial charge in [0.25, 0.3) is 15.9 Å². The number of carbonyl (C=O) groups is 1. The lowest BCUT2D eigenvalue weighted by Gasteiger charge is -2.30. The van der Waals surface area contributed by atoms with Gasteiger partial charge >= 0.3 is 0 Å². The van der Waals surface area contributed by atoms with Gasteiger partial charge in [0.2, 0.25) is 0 Å². The third-order valence-corrected chi connectivity index (χ3v) is 8.67. The number of carbonyl (C=O) groups excluding carboxylic acids is 1. The van der Waals surface area contributed by atoms with E-state index in [0.29, 0.717) is 5.56 Å². The van der Waals surface area contributed by atoms with Crippen LogP contribution in [0.4, 0.5) is 0 Å². The third-order valence-electron chi connectivity index (χ3n) is 6.35. The number of sulfonamides is 1. The zero-order valence-electron chi connectivity index (χ0n) is 19.6. The van der Waals surface area contributed by atoms with Crippen LogP contribution in [0.3, 0.4) is 0 Å². The molecule has 2 aromatic carbocycles. The van der Waals surface area contributed by atoms with Gasteiger partial charge in [0.05, 0.1) is 11.6 Å². The Balaban J connectivity index is 1.52. The number of likely N-dealkylation sites (tertiary alicyclic amines) is 1. The second-order valence-electron chi connectivity index (χ2n) is 9.90. The fourth-order valence-electron chi connectivity index (χ4n) is 4.75. The van der Waals surface area contributed by atoms with Crippen molar-refractivity contribution in [2.75, 3.05) is 19.6 Å². The monoisotopic (exact) mass is 467 g/mol. The summed E-state index contributed by atoms with van der Waals surface area (Å²) in [5, 5.41) is -1.04. The smallest absolute Gasteiger partial charge is 0.283 e. The molecular formula is C26H33N3O3S. The van der Waals surface area contributed by atoms with E-state index in [0.717, 1.165) is 43.2 Å². The Morgan fingerprint density at radius 2 is 1.52 bits per heavy atom. The lowest BCUT2D eigenvalue weighted by atomic mass is 10.0. The lowest BCUT2D eigenvalue weighted by molar-refractivity contribution is -0.122. The average Bonchev–Trinajstić information content (AvgIpc) is 2.99. The molecule has 1 unspecified atom stereocenters. The van der Waals surface area contributed by atoms with Crippen molar-refractivity contribution >= 4 is 21.6 Å². The minimum Gasteiger partial charge on any atom is -0.303 e. The number of hydrogen-bond donors (Lipinski definition) is 0. The first-order valence-electron chi connectivity index (χ1n) is 11.7. The summed E-state index contributed by atoms with van der Waals surface area (Å²) in [6.07, 6.45) is 2.65. The van der Waals surface area contributed by atoms with Crippen molar-refractivity contribution in [3.63, 3.8) is 0 Å². The Kier molecular flexibility index (Phi) is 6.73. The highest BCUT2D eigenvalue weighted by molar-refractivity contribution is 7.91. The molecule has 2 aliphatic rings. The van der Waals surface area contributed by atoms with Crippen LogP contribution in [0.15, 0.2) is 65.7 Å². The van der Waals surface area contributed by atoms with Gasteiger partial charge in [0.15, 0.2) is 5.25 Å². The van der Waals surface area contributed by atoms with Crippen LogP contribution >= 0.6 is 0 Å². The summed E-state index contributed by atoms with van der Waals surface area (Å²) in [5.74, 6) is -0.483. The van der Waals surface area contributed by atoms with Gasteiger partial charge in [-0.3, -0.25) is 9.79 Å². The molecular weight excluding hydrogens is 434 g/mol. The predicted molar refractivity (Wildman–Crippen MR) is 132 cm³/mol. The van der Waals surface area contributed by atoms with E-state index in [4.69, 9.17) is 4.99 Å². The van der Waals surface area contributed by atoms with E-state index in [1.165, 1.54) is 5.56 Å². The maximum absolute atomic E-state index is 13.5. The van der Waals surface area contributed by atoms with Gasteiger partial charge in [-0.05, 0) is 51.2 Å². The third kappa shape index (κ3) is 5.04. The zero-order chi connectivity index (χ0) is 23.6. The molecule has 0 bridgehead atoms. The summed E-state index contributed by atoms with van der Waals surface area (Å²) in [5.41, 5.74) is 1.24. The number of hydrogen-bond acceptors (Lipinski definition) is 5. The number of rotatable bonds is 5. The van der Waals surface area contributed by atoms with Gasteiger partial charge in [-0.15, -0.1) is 0 Å².